The minimum absolute atomic E-state index is 0.0145. The highest BCUT2D eigenvalue weighted by Crippen LogP contribution is 2.29. The number of sulfonamides is 1. The Hall–Kier alpha value is -3.73. The van der Waals surface area contributed by atoms with Gasteiger partial charge in [0.15, 0.2) is 5.03 Å². The van der Waals surface area contributed by atoms with Crippen LogP contribution < -0.4 is 0 Å². The standard InChI is InChI=1S/C28H27ClN4O5S/c1-2-38-27(34)19-33-25-8-7-24(29)17-23(25)18-26(33)39(36,37)32-15-13-31(14-16-32)28(35)22-5-3-20(4-6-22)21-9-11-30-12-10-21/h3-12,17-18H,2,13-16,19H2,1H3. The van der Waals surface area contributed by atoms with E-state index in [9.17, 15) is 18.0 Å². The molecule has 0 bridgehead atoms. The van der Waals surface area contributed by atoms with Crippen LogP contribution in [-0.2, 0) is 26.1 Å². The molecule has 0 radical (unpaired) electrons. The first-order chi connectivity index (χ1) is 18.8. The normalized spacial score (nSPS) is 14.5. The maximum atomic E-state index is 13.7. The molecule has 5 rings (SSSR count). The first-order valence-electron chi connectivity index (χ1n) is 12.5. The fourth-order valence-corrected chi connectivity index (χ4v) is 6.53. The quantitative estimate of drug-likeness (QED) is 0.313. The SMILES string of the molecule is CCOC(=O)Cn1c(S(=O)(=O)N2CCN(C(=O)c3ccc(-c4ccncc4)cc3)CC2)cc2cc(Cl)ccc21. The molecule has 1 aliphatic rings. The highest BCUT2D eigenvalue weighted by Gasteiger charge is 2.33. The Balaban J connectivity index is 1.33. The number of carbonyl (C=O) groups is 2. The van der Waals surface area contributed by atoms with Crippen molar-refractivity contribution in [1.82, 2.24) is 18.8 Å². The molecule has 1 aliphatic heterocycles. The van der Waals surface area contributed by atoms with Crippen LogP contribution in [-0.4, -0.2) is 71.8 Å². The van der Waals surface area contributed by atoms with Crippen molar-refractivity contribution in [1.29, 1.82) is 0 Å². The van der Waals surface area contributed by atoms with Gasteiger partial charge in [-0.2, -0.15) is 4.31 Å². The Morgan fingerprint density at radius 1 is 0.923 bits per heavy atom. The van der Waals surface area contributed by atoms with Crippen LogP contribution in [0, 0.1) is 0 Å². The van der Waals surface area contributed by atoms with E-state index in [2.05, 4.69) is 4.98 Å². The Bertz CT molecular complexity index is 1610. The number of halogens is 1. The number of benzene rings is 2. The van der Waals surface area contributed by atoms with Gasteiger partial charge in [-0.25, -0.2) is 8.42 Å². The second-order valence-electron chi connectivity index (χ2n) is 9.09. The summed E-state index contributed by atoms with van der Waals surface area (Å²) in [6.45, 7) is 2.38. The van der Waals surface area contributed by atoms with Gasteiger partial charge in [0.25, 0.3) is 15.9 Å². The van der Waals surface area contributed by atoms with Crippen molar-refractivity contribution in [3.05, 3.63) is 83.6 Å². The summed E-state index contributed by atoms with van der Waals surface area (Å²) in [7, 11) is -3.98. The molecule has 11 heteroatoms. The van der Waals surface area contributed by atoms with Crippen molar-refractivity contribution in [2.45, 2.75) is 18.5 Å². The molecule has 9 nitrogen and oxygen atoms in total. The number of ether oxygens (including phenoxy) is 1. The van der Waals surface area contributed by atoms with Gasteiger partial charge in [-0.05, 0) is 66.6 Å². The summed E-state index contributed by atoms with van der Waals surface area (Å²) in [6.07, 6.45) is 3.43. The minimum Gasteiger partial charge on any atom is -0.465 e. The van der Waals surface area contributed by atoms with Gasteiger partial charge in [0, 0.05) is 60.1 Å². The van der Waals surface area contributed by atoms with Crippen LogP contribution in [0.5, 0.6) is 0 Å². The molecule has 0 atom stereocenters. The average molecular weight is 567 g/mol. The largest absolute Gasteiger partial charge is 0.465 e. The fraction of sp³-hybridized carbons (Fsp3) is 0.250. The highest BCUT2D eigenvalue weighted by molar-refractivity contribution is 7.89. The zero-order valence-corrected chi connectivity index (χ0v) is 22.9. The lowest BCUT2D eigenvalue weighted by Crippen LogP contribution is -2.50. The summed E-state index contributed by atoms with van der Waals surface area (Å²) in [4.78, 5) is 31.1. The molecule has 0 saturated carbocycles. The van der Waals surface area contributed by atoms with Gasteiger partial charge in [0.1, 0.15) is 6.54 Å². The molecule has 1 saturated heterocycles. The lowest BCUT2D eigenvalue weighted by Gasteiger charge is -2.34. The van der Waals surface area contributed by atoms with Crippen LogP contribution in [0.3, 0.4) is 0 Å². The van der Waals surface area contributed by atoms with Gasteiger partial charge >= 0.3 is 5.97 Å². The maximum absolute atomic E-state index is 13.7. The Morgan fingerprint density at radius 3 is 2.26 bits per heavy atom. The number of nitrogens with zero attached hydrogens (tertiary/aromatic N) is 4. The molecule has 0 spiro atoms. The zero-order chi connectivity index (χ0) is 27.6. The second-order valence-corrected chi connectivity index (χ2v) is 11.4. The Kier molecular flexibility index (Phi) is 7.69. The lowest BCUT2D eigenvalue weighted by atomic mass is 10.0. The number of amides is 1. The van der Waals surface area contributed by atoms with Crippen molar-refractivity contribution in [2.75, 3.05) is 32.8 Å². The van der Waals surface area contributed by atoms with Crippen LogP contribution in [0.25, 0.3) is 22.0 Å². The van der Waals surface area contributed by atoms with E-state index in [4.69, 9.17) is 16.3 Å². The number of rotatable bonds is 7. The zero-order valence-electron chi connectivity index (χ0n) is 21.3. The summed E-state index contributed by atoms with van der Waals surface area (Å²) in [6, 6.07) is 17.7. The van der Waals surface area contributed by atoms with Crippen molar-refractivity contribution in [2.24, 2.45) is 0 Å². The number of fused-ring (bicyclic) bond motifs is 1. The monoisotopic (exact) mass is 566 g/mol. The molecular formula is C28H27ClN4O5S. The predicted octanol–water partition coefficient (Wildman–Crippen LogP) is 4.07. The number of hydrogen-bond acceptors (Lipinski definition) is 6. The summed E-state index contributed by atoms with van der Waals surface area (Å²) in [5, 5.41) is 1.05. The molecule has 0 unspecified atom stereocenters. The van der Waals surface area contributed by atoms with Crippen LogP contribution in [0.15, 0.2) is 78.1 Å². The number of hydrogen-bond donors (Lipinski definition) is 0. The van der Waals surface area contributed by atoms with Gasteiger partial charge in [0.05, 0.1) is 6.61 Å². The van der Waals surface area contributed by atoms with Crippen molar-refractivity contribution < 1.29 is 22.7 Å². The summed E-state index contributed by atoms with van der Waals surface area (Å²) in [5.41, 5.74) is 3.08. The molecule has 1 fully saturated rings. The van der Waals surface area contributed by atoms with Crippen LogP contribution >= 0.6 is 11.6 Å². The van der Waals surface area contributed by atoms with Gasteiger partial charge in [0.2, 0.25) is 0 Å². The Labute approximate surface area is 231 Å². The van der Waals surface area contributed by atoms with E-state index in [1.807, 2.05) is 24.3 Å². The smallest absolute Gasteiger partial charge is 0.325 e. The molecular weight excluding hydrogens is 540 g/mol. The van der Waals surface area contributed by atoms with Crippen LogP contribution in [0.2, 0.25) is 5.02 Å². The van der Waals surface area contributed by atoms with E-state index < -0.39 is 16.0 Å². The lowest BCUT2D eigenvalue weighted by molar-refractivity contribution is -0.143. The first kappa shape index (κ1) is 26.9. The summed E-state index contributed by atoms with van der Waals surface area (Å²) >= 11 is 6.13. The topological polar surface area (TPSA) is 102 Å². The summed E-state index contributed by atoms with van der Waals surface area (Å²) in [5.74, 6) is -0.689. The van der Waals surface area contributed by atoms with Gasteiger partial charge in [-0.15, -0.1) is 0 Å². The molecule has 0 N–H and O–H groups in total. The van der Waals surface area contributed by atoms with Crippen molar-refractivity contribution in [3.63, 3.8) is 0 Å². The number of aromatic nitrogens is 2. The summed E-state index contributed by atoms with van der Waals surface area (Å²) < 4.78 is 35.3. The number of esters is 1. The third-order valence-corrected chi connectivity index (χ3v) is 8.84. The molecule has 0 aliphatic carbocycles. The molecule has 2 aromatic carbocycles. The molecule has 1 amide bonds. The molecule has 39 heavy (non-hydrogen) atoms. The van der Waals surface area contributed by atoms with Crippen LogP contribution in [0.1, 0.15) is 17.3 Å². The van der Waals surface area contributed by atoms with E-state index in [1.54, 1.807) is 54.5 Å². The maximum Gasteiger partial charge on any atom is 0.325 e. The fourth-order valence-electron chi connectivity index (χ4n) is 4.73. The van der Waals surface area contributed by atoms with Crippen molar-refractivity contribution >= 4 is 44.4 Å². The van der Waals surface area contributed by atoms with Gasteiger partial charge in [-0.1, -0.05) is 23.7 Å². The minimum atomic E-state index is -3.98. The molecule has 202 valence electrons. The first-order valence-corrected chi connectivity index (χ1v) is 14.3. The molecule has 2 aromatic heterocycles. The van der Waals surface area contributed by atoms with Gasteiger partial charge in [-0.3, -0.25) is 14.6 Å². The average Bonchev–Trinajstić information content (AvgIpc) is 3.31. The van der Waals surface area contributed by atoms with Crippen molar-refractivity contribution in [3.8, 4) is 11.1 Å². The van der Waals surface area contributed by atoms with E-state index in [-0.39, 0.29) is 50.3 Å². The van der Waals surface area contributed by atoms with E-state index >= 15 is 0 Å². The van der Waals surface area contributed by atoms with Crippen LogP contribution in [0.4, 0.5) is 0 Å². The van der Waals surface area contributed by atoms with E-state index in [1.165, 1.54) is 14.9 Å². The predicted molar refractivity (Wildman–Crippen MR) is 148 cm³/mol. The van der Waals surface area contributed by atoms with E-state index in [0.29, 0.717) is 21.5 Å². The second kappa shape index (κ2) is 11.2. The molecule has 4 aromatic rings. The molecule has 3 heterocycles. The highest BCUT2D eigenvalue weighted by atomic mass is 35.5. The van der Waals surface area contributed by atoms with Gasteiger partial charge < -0.3 is 14.2 Å². The third kappa shape index (κ3) is 5.54. The Morgan fingerprint density at radius 2 is 1.59 bits per heavy atom. The number of piperazine rings is 1. The number of carbonyl (C=O) groups excluding carboxylic acids is 2. The number of pyridine rings is 1. The van der Waals surface area contributed by atoms with E-state index in [0.717, 1.165) is 11.1 Å². The third-order valence-electron chi connectivity index (χ3n) is 6.69.